The molecule has 1 N–H and O–H groups in total. The number of hydrogen-bond acceptors (Lipinski definition) is 4. The summed E-state index contributed by atoms with van der Waals surface area (Å²) < 4.78 is 7.43. The second-order valence-electron chi connectivity index (χ2n) is 5.76. The fourth-order valence-electron chi connectivity index (χ4n) is 2.75. The summed E-state index contributed by atoms with van der Waals surface area (Å²) in [6, 6.07) is 8.12. The SMILES string of the molecule is CN(Cc1nc2ccccc2n1C)C(=O)CC1COCCN1.Cl.Cl. The Morgan fingerprint density at radius 3 is 2.83 bits per heavy atom. The molecular formula is C16H24Cl2N4O2. The topological polar surface area (TPSA) is 59.4 Å². The van der Waals surface area contributed by atoms with Gasteiger partial charge in [0.15, 0.2) is 0 Å². The zero-order chi connectivity index (χ0) is 15.5. The lowest BCUT2D eigenvalue weighted by Gasteiger charge is -2.25. The van der Waals surface area contributed by atoms with Crippen LogP contribution in [0.15, 0.2) is 24.3 Å². The van der Waals surface area contributed by atoms with Gasteiger partial charge in [0.1, 0.15) is 5.82 Å². The summed E-state index contributed by atoms with van der Waals surface area (Å²) in [6.45, 7) is 2.65. The van der Waals surface area contributed by atoms with Crippen LogP contribution in [0, 0.1) is 0 Å². The number of rotatable bonds is 4. The quantitative estimate of drug-likeness (QED) is 0.885. The van der Waals surface area contributed by atoms with Crippen molar-refractivity contribution in [2.75, 3.05) is 26.8 Å². The van der Waals surface area contributed by atoms with Crippen molar-refractivity contribution in [3.8, 4) is 0 Å². The van der Waals surface area contributed by atoms with Crippen LogP contribution in [0.2, 0.25) is 0 Å². The molecule has 0 spiro atoms. The first kappa shape index (κ1) is 20.7. The van der Waals surface area contributed by atoms with E-state index in [1.165, 1.54) is 0 Å². The highest BCUT2D eigenvalue weighted by atomic mass is 35.5. The summed E-state index contributed by atoms with van der Waals surface area (Å²) in [5, 5.41) is 3.31. The first-order valence-corrected chi connectivity index (χ1v) is 7.60. The summed E-state index contributed by atoms with van der Waals surface area (Å²) in [4.78, 5) is 18.7. The minimum Gasteiger partial charge on any atom is -0.378 e. The van der Waals surface area contributed by atoms with E-state index in [0.29, 0.717) is 19.6 Å². The van der Waals surface area contributed by atoms with Crippen LogP contribution >= 0.6 is 24.8 Å². The second-order valence-corrected chi connectivity index (χ2v) is 5.76. The summed E-state index contributed by atoms with van der Waals surface area (Å²) in [5.74, 6) is 1.000. The van der Waals surface area contributed by atoms with Gasteiger partial charge in [-0.3, -0.25) is 4.79 Å². The zero-order valence-corrected chi connectivity index (χ0v) is 15.5. The number of nitrogens with one attached hydrogen (secondary N) is 1. The Labute approximate surface area is 154 Å². The Balaban J connectivity index is 0.00000144. The average Bonchev–Trinajstić information content (AvgIpc) is 2.85. The molecule has 2 heterocycles. The van der Waals surface area contributed by atoms with Crippen LogP contribution in [0.4, 0.5) is 0 Å². The molecule has 6 nitrogen and oxygen atoms in total. The second kappa shape index (κ2) is 9.22. The Hall–Kier alpha value is -1.34. The number of carbonyl (C=O) groups excluding carboxylic acids is 1. The third-order valence-corrected chi connectivity index (χ3v) is 4.10. The van der Waals surface area contributed by atoms with Crippen LogP contribution in [0.5, 0.6) is 0 Å². The van der Waals surface area contributed by atoms with Crippen LogP contribution in [0.3, 0.4) is 0 Å². The number of amides is 1. The predicted molar refractivity (Wildman–Crippen MR) is 98.9 cm³/mol. The monoisotopic (exact) mass is 374 g/mol. The van der Waals surface area contributed by atoms with Crippen molar-refractivity contribution < 1.29 is 9.53 Å². The molecule has 134 valence electrons. The lowest BCUT2D eigenvalue weighted by atomic mass is 10.2. The smallest absolute Gasteiger partial charge is 0.224 e. The minimum absolute atomic E-state index is 0. The van der Waals surface area contributed by atoms with Crippen molar-refractivity contribution in [3.05, 3.63) is 30.1 Å². The summed E-state index contributed by atoms with van der Waals surface area (Å²) in [6.07, 6.45) is 0.459. The number of aromatic nitrogens is 2. The van der Waals surface area contributed by atoms with Crippen LogP contribution < -0.4 is 5.32 Å². The molecule has 2 aromatic rings. The third kappa shape index (κ3) is 4.60. The van der Waals surface area contributed by atoms with Crippen LogP contribution in [0.25, 0.3) is 11.0 Å². The summed E-state index contributed by atoms with van der Waals surface area (Å²) >= 11 is 0. The molecule has 1 amide bonds. The summed E-state index contributed by atoms with van der Waals surface area (Å²) in [5.41, 5.74) is 2.05. The molecule has 1 aromatic heterocycles. The van der Waals surface area contributed by atoms with E-state index < -0.39 is 0 Å². The molecule has 0 aliphatic carbocycles. The minimum atomic E-state index is 0. The van der Waals surface area contributed by atoms with Gasteiger partial charge >= 0.3 is 0 Å². The molecular weight excluding hydrogens is 351 g/mol. The van der Waals surface area contributed by atoms with Gasteiger partial charge in [-0.2, -0.15) is 0 Å². The Morgan fingerprint density at radius 1 is 1.42 bits per heavy atom. The Kier molecular flexibility index (Phi) is 7.96. The normalized spacial score (nSPS) is 17.0. The number of nitrogens with zero attached hydrogens (tertiary/aromatic N) is 3. The van der Waals surface area contributed by atoms with Gasteiger partial charge < -0.3 is 19.5 Å². The van der Waals surface area contributed by atoms with Gasteiger partial charge in [-0.1, -0.05) is 12.1 Å². The molecule has 1 aromatic carbocycles. The van der Waals surface area contributed by atoms with E-state index in [1.807, 2.05) is 42.9 Å². The van der Waals surface area contributed by atoms with Crippen molar-refractivity contribution >= 4 is 41.8 Å². The van der Waals surface area contributed by atoms with Crippen LogP contribution in [-0.4, -0.2) is 53.2 Å². The van der Waals surface area contributed by atoms with Crippen molar-refractivity contribution in [1.82, 2.24) is 19.8 Å². The maximum atomic E-state index is 12.3. The van der Waals surface area contributed by atoms with Gasteiger partial charge in [-0.15, -0.1) is 24.8 Å². The van der Waals surface area contributed by atoms with Crippen LogP contribution in [0.1, 0.15) is 12.2 Å². The van der Waals surface area contributed by atoms with E-state index in [1.54, 1.807) is 4.90 Å². The maximum absolute atomic E-state index is 12.3. The number of para-hydroxylation sites is 2. The number of ether oxygens (including phenoxy) is 1. The molecule has 0 bridgehead atoms. The largest absolute Gasteiger partial charge is 0.378 e. The van der Waals surface area contributed by atoms with Crippen molar-refractivity contribution in [1.29, 1.82) is 0 Å². The van der Waals surface area contributed by atoms with Gasteiger partial charge in [-0.25, -0.2) is 4.98 Å². The molecule has 3 rings (SSSR count). The molecule has 8 heteroatoms. The molecule has 1 saturated heterocycles. The van der Waals surface area contributed by atoms with E-state index in [4.69, 9.17) is 4.74 Å². The van der Waals surface area contributed by atoms with Crippen molar-refractivity contribution in [2.45, 2.75) is 19.0 Å². The highest BCUT2D eigenvalue weighted by molar-refractivity contribution is 5.85. The lowest BCUT2D eigenvalue weighted by Crippen LogP contribution is -2.44. The van der Waals surface area contributed by atoms with E-state index >= 15 is 0 Å². The van der Waals surface area contributed by atoms with Gasteiger partial charge in [0.05, 0.1) is 30.8 Å². The Morgan fingerprint density at radius 2 is 2.17 bits per heavy atom. The highest BCUT2D eigenvalue weighted by Gasteiger charge is 2.20. The maximum Gasteiger partial charge on any atom is 0.224 e. The molecule has 1 fully saturated rings. The molecule has 1 aliphatic heterocycles. The standard InChI is InChI=1S/C16H22N4O2.2ClH/c1-19(16(21)9-12-11-22-8-7-17-12)10-15-18-13-5-3-4-6-14(13)20(15)2;;/h3-6,12,17H,7-11H2,1-2H3;2*1H. The lowest BCUT2D eigenvalue weighted by molar-refractivity contribution is -0.131. The fraction of sp³-hybridized carbons (Fsp3) is 0.500. The van der Waals surface area contributed by atoms with E-state index in [0.717, 1.165) is 30.0 Å². The molecule has 0 saturated carbocycles. The first-order chi connectivity index (χ1) is 10.6. The number of hydrogen-bond donors (Lipinski definition) is 1. The molecule has 1 unspecified atom stereocenters. The fourth-order valence-corrected chi connectivity index (χ4v) is 2.75. The van der Waals surface area contributed by atoms with Crippen molar-refractivity contribution in [2.24, 2.45) is 7.05 Å². The Bertz CT molecular complexity index is 671. The number of benzene rings is 1. The average molecular weight is 375 g/mol. The van der Waals surface area contributed by atoms with Gasteiger partial charge in [0, 0.05) is 33.1 Å². The molecule has 1 atom stereocenters. The third-order valence-electron chi connectivity index (χ3n) is 4.10. The van der Waals surface area contributed by atoms with Crippen molar-refractivity contribution in [3.63, 3.8) is 0 Å². The number of imidazole rings is 1. The first-order valence-electron chi connectivity index (χ1n) is 7.60. The van der Waals surface area contributed by atoms with Gasteiger partial charge in [-0.05, 0) is 12.1 Å². The predicted octanol–water partition coefficient (Wildman–Crippen LogP) is 1.75. The van der Waals surface area contributed by atoms with Gasteiger partial charge in [0.2, 0.25) is 5.91 Å². The number of morpholine rings is 1. The number of aryl methyl sites for hydroxylation is 1. The van der Waals surface area contributed by atoms with E-state index in [-0.39, 0.29) is 36.8 Å². The van der Waals surface area contributed by atoms with E-state index in [9.17, 15) is 4.79 Å². The number of fused-ring (bicyclic) bond motifs is 1. The van der Waals surface area contributed by atoms with Gasteiger partial charge in [0.25, 0.3) is 0 Å². The van der Waals surface area contributed by atoms with Crippen LogP contribution in [-0.2, 0) is 23.1 Å². The summed E-state index contributed by atoms with van der Waals surface area (Å²) in [7, 11) is 3.81. The molecule has 0 radical (unpaired) electrons. The number of carbonyl (C=O) groups is 1. The molecule has 24 heavy (non-hydrogen) atoms. The highest BCUT2D eigenvalue weighted by Crippen LogP contribution is 2.15. The zero-order valence-electron chi connectivity index (χ0n) is 13.9. The molecule has 1 aliphatic rings. The number of halogens is 2. The van der Waals surface area contributed by atoms with E-state index in [2.05, 4.69) is 10.3 Å².